The fourth-order valence-corrected chi connectivity index (χ4v) is 4.74. The first-order valence-corrected chi connectivity index (χ1v) is 11.6. The van der Waals surface area contributed by atoms with Gasteiger partial charge in [0.2, 0.25) is 0 Å². The zero-order valence-electron chi connectivity index (χ0n) is 18.5. The molecule has 0 atom stereocenters. The summed E-state index contributed by atoms with van der Waals surface area (Å²) < 4.78 is 12.9. The van der Waals surface area contributed by atoms with Crippen molar-refractivity contribution in [1.82, 2.24) is 4.57 Å². The number of nitrogens with zero attached hydrogens (tertiary/aromatic N) is 1. The van der Waals surface area contributed by atoms with Crippen LogP contribution in [-0.4, -0.2) is 34.4 Å². The number of aliphatic hydroxyl groups is 1. The molecule has 1 aromatic heterocycles. The van der Waals surface area contributed by atoms with Crippen LogP contribution < -0.4 is 20.3 Å². The van der Waals surface area contributed by atoms with E-state index < -0.39 is 5.60 Å². The molecule has 33 heavy (non-hydrogen) atoms. The lowest BCUT2D eigenvalue weighted by Crippen LogP contribution is -2.39. The zero-order valence-corrected chi connectivity index (χ0v) is 18.5. The first-order chi connectivity index (χ1) is 16.0. The summed E-state index contributed by atoms with van der Waals surface area (Å²) >= 11 is 0. The van der Waals surface area contributed by atoms with E-state index in [4.69, 9.17) is 9.47 Å². The van der Waals surface area contributed by atoms with E-state index in [-0.39, 0.29) is 18.0 Å². The number of rotatable bonds is 4. The summed E-state index contributed by atoms with van der Waals surface area (Å²) in [5.74, 6) is 0.898. The van der Waals surface area contributed by atoms with Crippen LogP contribution in [0.4, 0.5) is 5.69 Å². The second-order valence-corrected chi connectivity index (χ2v) is 8.97. The van der Waals surface area contributed by atoms with E-state index in [1.165, 1.54) is 0 Å². The van der Waals surface area contributed by atoms with Crippen LogP contribution in [-0.2, 0) is 6.54 Å². The van der Waals surface area contributed by atoms with Gasteiger partial charge in [0.15, 0.2) is 11.5 Å². The van der Waals surface area contributed by atoms with Crippen molar-refractivity contribution in [3.8, 4) is 11.5 Å². The van der Waals surface area contributed by atoms with Crippen LogP contribution in [0.2, 0.25) is 0 Å². The number of ether oxygens (including phenoxy) is 2. The third-order valence-corrected chi connectivity index (χ3v) is 6.53. The number of carbonyl (C=O) groups excluding carboxylic acids is 1. The predicted molar refractivity (Wildman–Crippen MR) is 126 cm³/mol. The number of pyridine rings is 1. The average molecular weight is 449 g/mol. The Morgan fingerprint density at radius 2 is 1.76 bits per heavy atom. The molecule has 0 bridgehead atoms. The lowest BCUT2D eigenvalue weighted by atomic mass is 9.85. The number of hydrogen-bond donors (Lipinski definition) is 2. The minimum absolute atomic E-state index is 0.168. The van der Waals surface area contributed by atoms with Crippen LogP contribution >= 0.6 is 0 Å². The fraction of sp³-hybridized carbons (Fsp3) is 0.385. The van der Waals surface area contributed by atoms with Gasteiger partial charge in [-0.1, -0.05) is 25.3 Å². The van der Waals surface area contributed by atoms with E-state index in [1.54, 1.807) is 47.2 Å². The van der Waals surface area contributed by atoms with Gasteiger partial charge in [-0.05, 0) is 49.2 Å². The standard InChI is InChI=1S/C26H28N2O5/c29-24(18-8-9-22-23(16-18)33-15-5-14-32-22)27-21-7-4-6-20-19(21)10-13-28(25(20)30)17-26(31)11-2-1-3-12-26/h4,6-10,13,16,31H,1-3,5,11-12,14-15,17H2,(H,27,29). The Labute approximate surface area is 191 Å². The fourth-order valence-electron chi connectivity index (χ4n) is 4.74. The Balaban J connectivity index is 1.41. The summed E-state index contributed by atoms with van der Waals surface area (Å²) in [7, 11) is 0. The molecule has 0 radical (unpaired) electrons. The predicted octanol–water partition coefficient (Wildman–Crippen LogP) is 4.11. The molecule has 0 unspecified atom stereocenters. The highest BCUT2D eigenvalue weighted by molar-refractivity contribution is 6.09. The molecular weight excluding hydrogens is 420 g/mol. The van der Waals surface area contributed by atoms with Crippen LogP contribution in [0.3, 0.4) is 0 Å². The highest BCUT2D eigenvalue weighted by Crippen LogP contribution is 2.32. The van der Waals surface area contributed by atoms with Crippen LogP contribution in [0.15, 0.2) is 53.5 Å². The third-order valence-electron chi connectivity index (χ3n) is 6.53. The van der Waals surface area contributed by atoms with E-state index in [0.717, 1.165) is 25.7 Å². The van der Waals surface area contributed by atoms with Crippen LogP contribution in [0.25, 0.3) is 10.8 Å². The van der Waals surface area contributed by atoms with Gasteiger partial charge in [-0.15, -0.1) is 0 Å². The molecule has 7 heteroatoms. The summed E-state index contributed by atoms with van der Waals surface area (Å²) in [5.41, 5.74) is 0.00568. The normalized spacial score (nSPS) is 17.4. The van der Waals surface area contributed by atoms with Crippen molar-refractivity contribution < 1.29 is 19.4 Å². The molecule has 2 aromatic carbocycles. The van der Waals surface area contributed by atoms with Gasteiger partial charge in [-0.2, -0.15) is 0 Å². The van der Waals surface area contributed by atoms with Crippen LogP contribution in [0, 0.1) is 0 Å². The molecular formula is C26H28N2O5. The molecule has 7 nitrogen and oxygen atoms in total. The van der Waals surface area contributed by atoms with Gasteiger partial charge in [0.05, 0.1) is 25.4 Å². The van der Waals surface area contributed by atoms with Gasteiger partial charge in [-0.25, -0.2) is 0 Å². The maximum atomic E-state index is 13.2. The van der Waals surface area contributed by atoms with Gasteiger partial charge >= 0.3 is 0 Å². The third kappa shape index (κ3) is 4.46. The van der Waals surface area contributed by atoms with Gasteiger partial charge in [-0.3, -0.25) is 9.59 Å². The molecule has 1 amide bonds. The molecule has 0 spiro atoms. The number of carbonyl (C=O) groups is 1. The van der Waals surface area contributed by atoms with Crippen molar-refractivity contribution in [3.63, 3.8) is 0 Å². The summed E-state index contributed by atoms with van der Waals surface area (Å²) in [4.78, 5) is 26.1. The summed E-state index contributed by atoms with van der Waals surface area (Å²) in [5, 5.41) is 15.0. The Morgan fingerprint density at radius 3 is 2.58 bits per heavy atom. The Kier molecular flexibility index (Phi) is 5.81. The topological polar surface area (TPSA) is 89.8 Å². The number of anilines is 1. The molecule has 1 fully saturated rings. The zero-order chi connectivity index (χ0) is 22.8. The minimum atomic E-state index is -0.835. The molecule has 0 saturated heterocycles. The number of amides is 1. The Morgan fingerprint density at radius 1 is 0.970 bits per heavy atom. The molecule has 1 aliphatic heterocycles. The number of fused-ring (bicyclic) bond motifs is 2. The highest BCUT2D eigenvalue weighted by Gasteiger charge is 2.30. The average Bonchev–Trinajstić information content (AvgIpc) is 3.06. The van der Waals surface area contributed by atoms with Crippen molar-refractivity contribution in [2.24, 2.45) is 0 Å². The summed E-state index contributed by atoms with van der Waals surface area (Å²) in [6, 6.07) is 12.2. The SMILES string of the molecule is O=C(Nc1cccc2c(=O)n(CC3(O)CCCCC3)ccc12)c1ccc2c(c1)OCCCO2. The maximum Gasteiger partial charge on any atom is 0.258 e. The molecule has 1 saturated carbocycles. The molecule has 2 N–H and O–H groups in total. The Hall–Kier alpha value is -3.32. The number of benzene rings is 2. The van der Waals surface area contributed by atoms with E-state index in [9.17, 15) is 14.7 Å². The second kappa shape index (κ2) is 8.90. The molecule has 1 aliphatic carbocycles. The maximum absolute atomic E-state index is 13.2. The van der Waals surface area contributed by atoms with Crippen molar-refractivity contribution in [3.05, 3.63) is 64.6 Å². The molecule has 2 aliphatic rings. The van der Waals surface area contributed by atoms with Crippen LogP contribution in [0.5, 0.6) is 11.5 Å². The summed E-state index contributed by atoms with van der Waals surface area (Å²) in [6.45, 7) is 1.42. The first-order valence-electron chi connectivity index (χ1n) is 11.6. The smallest absolute Gasteiger partial charge is 0.258 e. The Bertz CT molecular complexity index is 1240. The monoisotopic (exact) mass is 448 g/mol. The van der Waals surface area contributed by atoms with Gasteiger partial charge in [0, 0.05) is 34.6 Å². The number of hydrogen-bond acceptors (Lipinski definition) is 5. The lowest BCUT2D eigenvalue weighted by molar-refractivity contribution is -0.0121. The van der Waals surface area contributed by atoms with Crippen molar-refractivity contribution >= 4 is 22.4 Å². The summed E-state index contributed by atoms with van der Waals surface area (Å²) in [6.07, 6.45) is 7.01. The van der Waals surface area contributed by atoms with Gasteiger partial charge in [0.25, 0.3) is 11.5 Å². The molecule has 3 aromatic rings. The quantitative estimate of drug-likeness (QED) is 0.627. The molecule has 2 heterocycles. The minimum Gasteiger partial charge on any atom is -0.490 e. The lowest BCUT2D eigenvalue weighted by Gasteiger charge is -2.32. The number of nitrogens with one attached hydrogen (secondary N) is 1. The molecule has 172 valence electrons. The van der Waals surface area contributed by atoms with Crippen LogP contribution in [0.1, 0.15) is 48.9 Å². The largest absolute Gasteiger partial charge is 0.490 e. The van der Waals surface area contributed by atoms with E-state index in [0.29, 0.717) is 59.6 Å². The van der Waals surface area contributed by atoms with Gasteiger partial charge < -0.3 is 24.5 Å². The van der Waals surface area contributed by atoms with Crippen molar-refractivity contribution in [1.29, 1.82) is 0 Å². The number of aromatic nitrogens is 1. The molecule has 5 rings (SSSR count). The van der Waals surface area contributed by atoms with Crippen molar-refractivity contribution in [2.45, 2.75) is 50.7 Å². The second-order valence-electron chi connectivity index (χ2n) is 8.97. The van der Waals surface area contributed by atoms with E-state index >= 15 is 0 Å². The van der Waals surface area contributed by atoms with E-state index in [2.05, 4.69) is 5.32 Å². The van der Waals surface area contributed by atoms with Gasteiger partial charge in [0.1, 0.15) is 0 Å². The van der Waals surface area contributed by atoms with E-state index in [1.807, 2.05) is 6.07 Å². The highest BCUT2D eigenvalue weighted by atomic mass is 16.5. The first kappa shape index (κ1) is 21.5. The van der Waals surface area contributed by atoms with Crippen molar-refractivity contribution in [2.75, 3.05) is 18.5 Å².